The Balaban J connectivity index is 4.28. The van der Waals surface area contributed by atoms with Crippen LogP contribution in [0.3, 0.4) is 0 Å². The summed E-state index contributed by atoms with van der Waals surface area (Å²) in [7, 11) is 1.22. The number of amides is 1. The van der Waals surface area contributed by atoms with Crippen LogP contribution >= 0.6 is 7.82 Å². The van der Waals surface area contributed by atoms with Crippen LogP contribution in [0.4, 0.5) is 0 Å². The third kappa shape index (κ3) is 53.7. The van der Waals surface area contributed by atoms with Crippen molar-refractivity contribution in [2.24, 2.45) is 0 Å². The maximum atomic E-state index is 12.9. The van der Waals surface area contributed by atoms with Crippen LogP contribution in [0.5, 0.6) is 0 Å². The Morgan fingerprint density at radius 1 is 0.500 bits per heavy atom. The number of aliphatic hydroxyl groups is 1. The number of phosphoric ester groups is 1. The number of likely N-dealkylation sites (N-methyl/N-ethyl adjacent to an activating group) is 1. The molecule has 3 atom stereocenters. The molecule has 9 heteroatoms. The first kappa shape index (κ1) is 67.9. The van der Waals surface area contributed by atoms with Crippen LogP contribution in [0.2, 0.25) is 0 Å². The summed E-state index contributed by atoms with van der Waals surface area (Å²) in [6.45, 7) is 4.59. The third-order valence-corrected chi connectivity index (χ3v) is 13.8. The van der Waals surface area contributed by atoms with Gasteiger partial charge in [-0.1, -0.05) is 241 Å². The largest absolute Gasteiger partial charge is 0.756 e. The first-order valence-corrected chi connectivity index (χ1v) is 30.8. The first-order chi connectivity index (χ1) is 34.0. The third-order valence-electron chi connectivity index (χ3n) is 12.9. The number of nitrogens with one attached hydrogen (secondary N) is 1. The molecule has 0 aliphatic heterocycles. The van der Waals surface area contributed by atoms with Crippen LogP contribution in [0, 0.1) is 0 Å². The highest BCUT2D eigenvalue weighted by atomic mass is 31.2. The zero-order chi connectivity index (χ0) is 51.3. The van der Waals surface area contributed by atoms with E-state index in [0.29, 0.717) is 17.4 Å². The molecular formula is C61H113N2O6P. The molecule has 0 saturated carbocycles. The first-order valence-electron chi connectivity index (χ1n) is 29.3. The number of hydrogen-bond acceptors (Lipinski definition) is 6. The Bertz CT molecular complexity index is 1370. The van der Waals surface area contributed by atoms with E-state index in [1.165, 1.54) is 167 Å². The minimum Gasteiger partial charge on any atom is -0.756 e. The normalized spacial score (nSPS) is 14.4. The molecule has 3 unspecified atom stereocenters. The maximum Gasteiger partial charge on any atom is 0.268 e. The van der Waals surface area contributed by atoms with E-state index in [9.17, 15) is 19.4 Å². The summed E-state index contributed by atoms with van der Waals surface area (Å²) in [5, 5.41) is 13.9. The second kappa shape index (κ2) is 51.8. The molecule has 0 heterocycles. The van der Waals surface area contributed by atoms with Gasteiger partial charge in [-0.05, 0) is 83.5 Å². The van der Waals surface area contributed by atoms with Crippen molar-refractivity contribution in [1.29, 1.82) is 0 Å². The molecule has 0 saturated heterocycles. The van der Waals surface area contributed by atoms with Gasteiger partial charge in [0.1, 0.15) is 13.2 Å². The van der Waals surface area contributed by atoms with Gasteiger partial charge in [-0.25, -0.2) is 0 Å². The zero-order valence-corrected chi connectivity index (χ0v) is 47.4. The molecule has 408 valence electrons. The van der Waals surface area contributed by atoms with Gasteiger partial charge >= 0.3 is 0 Å². The van der Waals surface area contributed by atoms with E-state index in [1.807, 2.05) is 27.2 Å². The van der Waals surface area contributed by atoms with Crippen molar-refractivity contribution in [3.63, 3.8) is 0 Å². The molecule has 70 heavy (non-hydrogen) atoms. The number of aliphatic hydroxyl groups excluding tert-OH is 1. The van der Waals surface area contributed by atoms with Gasteiger partial charge in [-0.2, -0.15) is 0 Å². The Labute approximate surface area is 434 Å². The highest BCUT2D eigenvalue weighted by molar-refractivity contribution is 7.45. The van der Waals surface area contributed by atoms with Gasteiger partial charge < -0.3 is 28.8 Å². The lowest BCUT2D eigenvalue weighted by molar-refractivity contribution is -0.870. The summed E-state index contributed by atoms with van der Waals surface area (Å²) < 4.78 is 23.3. The van der Waals surface area contributed by atoms with E-state index in [2.05, 4.69) is 79.9 Å². The topological polar surface area (TPSA) is 108 Å². The van der Waals surface area contributed by atoms with Gasteiger partial charge in [0.2, 0.25) is 5.91 Å². The van der Waals surface area contributed by atoms with Crippen molar-refractivity contribution in [3.8, 4) is 0 Å². The number of hydrogen-bond donors (Lipinski definition) is 2. The highest BCUT2D eigenvalue weighted by Gasteiger charge is 2.23. The molecular weight excluding hydrogens is 888 g/mol. The van der Waals surface area contributed by atoms with Crippen LogP contribution in [-0.2, 0) is 18.4 Å². The van der Waals surface area contributed by atoms with Crippen molar-refractivity contribution >= 4 is 13.7 Å². The number of rotatable bonds is 53. The van der Waals surface area contributed by atoms with Crippen molar-refractivity contribution in [1.82, 2.24) is 5.32 Å². The molecule has 0 aromatic carbocycles. The van der Waals surface area contributed by atoms with Crippen molar-refractivity contribution in [2.45, 2.75) is 270 Å². The highest BCUT2D eigenvalue weighted by Crippen LogP contribution is 2.38. The van der Waals surface area contributed by atoms with E-state index >= 15 is 0 Å². The van der Waals surface area contributed by atoms with Gasteiger partial charge in [0.15, 0.2) is 0 Å². The fourth-order valence-electron chi connectivity index (χ4n) is 8.25. The molecule has 0 radical (unpaired) electrons. The second-order valence-corrected chi connectivity index (χ2v) is 22.4. The number of allylic oxidation sites excluding steroid dienone is 11. The molecule has 0 fully saturated rings. The zero-order valence-electron chi connectivity index (χ0n) is 46.5. The van der Waals surface area contributed by atoms with E-state index in [0.717, 1.165) is 70.6 Å². The van der Waals surface area contributed by atoms with Gasteiger partial charge in [0, 0.05) is 6.42 Å². The van der Waals surface area contributed by atoms with E-state index < -0.39 is 26.6 Å². The monoisotopic (exact) mass is 1000 g/mol. The fraction of sp³-hybridized carbons (Fsp3) is 0.787. The lowest BCUT2D eigenvalue weighted by Crippen LogP contribution is -2.45. The number of carbonyl (C=O) groups excluding carboxylic acids is 1. The molecule has 0 aliphatic rings. The summed E-state index contributed by atoms with van der Waals surface area (Å²) in [5.41, 5.74) is 0. The lowest BCUT2D eigenvalue weighted by Gasteiger charge is -2.29. The van der Waals surface area contributed by atoms with E-state index in [4.69, 9.17) is 9.05 Å². The molecule has 0 spiro atoms. The number of quaternary nitrogens is 1. The lowest BCUT2D eigenvalue weighted by atomic mass is 10.0. The SMILES string of the molecule is CCCCC/C=C\C/C=C\C/C=C\CCCCCCCCC(=O)NC(COP(=O)([O-])OCC[N+](C)(C)C)C(O)/C=C/CC/C=C/CC/C=C/CCCCCCCCCCCCCCCCCCCCC. The average Bonchev–Trinajstić information content (AvgIpc) is 3.32. The fourth-order valence-corrected chi connectivity index (χ4v) is 8.97. The molecule has 1 amide bonds. The van der Waals surface area contributed by atoms with Crippen LogP contribution in [0.25, 0.3) is 0 Å². The Hall–Kier alpha value is -2.06. The standard InChI is InChI=1S/C61H113N2O6P/c1-6-8-10-12-14-16-18-20-22-24-26-27-28-29-30-31-32-33-34-35-37-38-40-42-44-46-48-50-52-54-60(64)59(58-69-70(66,67)68-57-56-63(3,4)5)62-61(65)55-53-51-49-47-45-43-41-39-36-25-23-21-19-17-15-13-11-9-7-2/h15,17,21,23,36-39,44,46,52,54,59-60,64H,6-14,16,18-20,22,24-35,40-43,45,47-51,53,55-58H2,1-5H3,(H-,62,65,66,67)/b17-15-,23-21-,38-37+,39-36-,46-44+,54-52+. The van der Waals surface area contributed by atoms with Crippen LogP contribution in [0.1, 0.15) is 258 Å². The molecule has 2 N–H and O–H groups in total. The Morgan fingerprint density at radius 3 is 1.29 bits per heavy atom. The van der Waals surface area contributed by atoms with Crippen LogP contribution < -0.4 is 10.2 Å². The predicted molar refractivity (Wildman–Crippen MR) is 302 cm³/mol. The smallest absolute Gasteiger partial charge is 0.268 e. The number of unbranched alkanes of at least 4 members (excludes halogenated alkanes) is 30. The molecule has 0 bridgehead atoms. The van der Waals surface area contributed by atoms with Crippen LogP contribution in [0.15, 0.2) is 72.9 Å². The average molecular weight is 1000 g/mol. The Kier molecular flexibility index (Phi) is 50.3. The maximum absolute atomic E-state index is 12.9. The Morgan fingerprint density at radius 2 is 0.843 bits per heavy atom. The van der Waals surface area contributed by atoms with E-state index in [-0.39, 0.29) is 12.5 Å². The second-order valence-electron chi connectivity index (χ2n) is 21.0. The summed E-state index contributed by atoms with van der Waals surface area (Å²) in [6.07, 6.45) is 71.3. The van der Waals surface area contributed by atoms with Crippen molar-refractivity contribution in [3.05, 3.63) is 72.9 Å². The molecule has 0 aromatic rings. The van der Waals surface area contributed by atoms with Crippen LogP contribution in [-0.4, -0.2) is 68.5 Å². The molecule has 0 aliphatic carbocycles. The summed E-state index contributed by atoms with van der Waals surface area (Å²) in [6, 6.07) is -0.921. The predicted octanol–water partition coefficient (Wildman–Crippen LogP) is 17.2. The minimum atomic E-state index is -4.62. The molecule has 8 nitrogen and oxygen atoms in total. The van der Waals surface area contributed by atoms with Crippen molar-refractivity contribution in [2.75, 3.05) is 40.9 Å². The van der Waals surface area contributed by atoms with Crippen molar-refractivity contribution < 1.29 is 32.9 Å². The van der Waals surface area contributed by atoms with Gasteiger partial charge in [-0.15, -0.1) is 0 Å². The van der Waals surface area contributed by atoms with Gasteiger partial charge in [-0.3, -0.25) is 9.36 Å². The number of nitrogens with zero attached hydrogens (tertiary/aromatic N) is 1. The molecule has 0 aromatic heterocycles. The quantitative estimate of drug-likeness (QED) is 0.0272. The molecule has 0 rings (SSSR count). The summed E-state index contributed by atoms with van der Waals surface area (Å²) >= 11 is 0. The van der Waals surface area contributed by atoms with E-state index in [1.54, 1.807) is 6.08 Å². The number of carbonyl (C=O) groups is 1. The van der Waals surface area contributed by atoms with Gasteiger partial charge in [0.25, 0.3) is 7.82 Å². The minimum absolute atomic E-state index is 0.0148. The van der Waals surface area contributed by atoms with Gasteiger partial charge in [0.05, 0.1) is 39.9 Å². The summed E-state index contributed by atoms with van der Waals surface area (Å²) in [5.74, 6) is -0.225. The number of phosphoric acid groups is 1. The summed E-state index contributed by atoms with van der Waals surface area (Å²) in [4.78, 5) is 25.5.